The number of hydrogen-bond acceptors (Lipinski definition) is 6. The lowest BCUT2D eigenvalue weighted by atomic mass is 10.1. The summed E-state index contributed by atoms with van der Waals surface area (Å²) in [6, 6.07) is 9.36. The Labute approximate surface area is 173 Å². The Morgan fingerprint density at radius 2 is 1.55 bits per heavy atom. The Kier molecular flexibility index (Phi) is 6.13. The number of amides is 2. The molecule has 154 valence electrons. The van der Waals surface area contributed by atoms with Crippen molar-refractivity contribution in [3.8, 4) is 11.3 Å². The van der Waals surface area contributed by atoms with E-state index in [1.54, 1.807) is 9.80 Å². The first kappa shape index (κ1) is 19.9. The summed E-state index contributed by atoms with van der Waals surface area (Å²) in [6.07, 6.45) is 0. The van der Waals surface area contributed by atoms with Crippen molar-refractivity contribution in [3.05, 3.63) is 41.1 Å². The molecule has 0 spiro atoms. The molecule has 2 saturated heterocycles. The second kappa shape index (κ2) is 8.94. The van der Waals surface area contributed by atoms with Crippen LogP contribution in [0.5, 0.6) is 0 Å². The second-order valence-corrected chi connectivity index (χ2v) is 7.59. The van der Waals surface area contributed by atoms with Crippen LogP contribution >= 0.6 is 11.6 Å². The minimum Gasteiger partial charge on any atom is -0.378 e. The van der Waals surface area contributed by atoms with Gasteiger partial charge in [0.2, 0.25) is 0 Å². The Bertz CT molecular complexity index is 856. The highest BCUT2D eigenvalue weighted by atomic mass is 35.5. The first-order chi connectivity index (χ1) is 14.1. The molecule has 29 heavy (non-hydrogen) atoms. The van der Waals surface area contributed by atoms with Gasteiger partial charge < -0.3 is 19.1 Å². The lowest BCUT2D eigenvalue weighted by Gasteiger charge is -2.35. The summed E-state index contributed by atoms with van der Waals surface area (Å²) < 4.78 is 10.7. The molecule has 0 bridgehead atoms. The second-order valence-electron chi connectivity index (χ2n) is 7.16. The minimum atomic E-state index is -0.426. The van der Waals surface area contributed by atoms with Gasteiger partial charge in [-0.15, -0.1) is 0 Å². The predicted molar refractivity (Wildman–Crippen MR) is 106 cm³/mol. The number of ether oxygens (including phenoxy) is 1. The molecule has 0 saturated carbocycles. The fraction of sp³-hybridized carbons (Fsp3) is 0.450. The van der Waals surface area contributed by atoms with Crippen molar-refractivity contribution < 1.29 is 18.8 Å². The number of benzene rings is 1. The number of carbonyl (C=O) groups excluding carboxylic acids is 2. The van der Waals surface area contributed by atoms with Crippen LogP contribution in [0.3, 0.4) is 0 Å². The third-order valence-electron chi connectivity index (χ3n) is 5.22. The monoisotopic (exact) mass is 418 g/mol. The third-order valence-corrected chi connectivity index (χ3v) is 5.47. The van der Waals surface area contributed by atoms with Crippen molar-refractivity contribution >= 4 is 23.4 Å². The first-order valence-electron chi connectivity index (χ1n) is 9.70. The number of aromatic nitrogens is 1. The zero-order valence-corrected chi connectivity index (χ0v) is 16.8. The Morgan fingerprint density at radius 3 is 2.21 bits per heavy atom. The number of rotatable bonds is 3. The molecule has 2 fully saturated rings. The molecule has 4 rings (SSSR count). The third kappa shape index (κ3) is 4.77. The summed E-state index contributed by atoms with van der Waals surface area (Å²) in [5.41, 5.74) is 1.71. The van der Waals surface area contributed by atoms with E-state index in [1.165, 1.54) is 0 Å². The van der Waals surface area contributed by atoms with E-state index in [-0.39, 0.29) is 0 Å². The molecule has 1 aromatic carbocycles. The van der Waals surface area contributed by atoms with Gasteiger partial charge in [-0.05, 0) is 12.1 Å². The topological polar surface area (TPSA) is 79.1 Å². The summed E-state index contributed by atoms with van der Waals surface area (Å²) in [4.78, 5) is 30.2. The molecule has 2 aliphatic rings. The van der Waals surface area contributed by atoms with Crippen molar-refractivity contribution in [1.82, 2.24) is 19.9 Å². The Balaban J connectivity index is 1.28. The minimum absolute atomic E-state index is 0.420. The van der Waals surface area contributed by atoms with Crippen molar-refractivity contribution in [3.63, 3.8) is 0 Å². The van der Waals surface area contributed by atoms with E-state index < -0.39 is 11.8 Å². The van der Waals surface area contributed by atoms with Gasteiger partial charge in [0, 0.05) is 55.9 Å². The maximum absolute atomic E-state index is 12.5. The molecular weight excluding hydrogens is 396 g/mol. The number of halogens is 1. The molecular formula is C20H23ClN4O4. The van der Waals surface area contributed by atoms with Crippen LogP contribution < -0.4 is 0 Å². The van der Waals surface area contributed by atoms with E-state index in [2.05, 4.69) is 10.1 Å². The molecule has 1 aromatic heterocycles. The van der Waals surface area contributed by atoms with Crippen LogP contribution in [0.4, 0.5) is 0 Å². The molecule has 8 nitrogen and oxygen atoms in total. The summed E-state index contributed by atoms with van der Waals surface area (Å²) >= 11 is 5.92. The van der Waals surface area contributed by atoms with Crippen molar-refractivity contribution in [1.29, 1.82) is 0 Å². The molecule has 3 heterocycles. The summed E-state index contributed by atoms with van der Waals surface area (Å²) in [7, 11) is 0. The quantitative estimate of drug-likeness (QED) is 0.703. The molecule has 0 aliphatic carbocycles. The Morgan fingerprint density at radius 1 is 0.931 bits per heavy atom. The Hall–Kier alpha value is -2.42. The maximum Gasteiger partial charge on any atom is 0.312 e. The number of morpholine rings is 1. The van der Waals surface area contributed by atoms with E-state index >= 15 is 0 Å². The fourth-order valence-electron chi connectivity index (χ4n) is 3.51. The van der Waals surface area contributed by atoms with Crippen LogP contribution in [0.2, 0.25) is 5.02 Å². The molecule has 0 unspecified atom stereocenters. The first-order valence-corrected chi connectivity index (χ1v) is 10.1. The fourth-order valence-corrected chi connectivity index (χ4v) is 3.64. The van der Waals surface area contributed by atoms with E-state index in [4.69, 9.17) is 20.9 Å². The number of nitrogens with zero attached hydrogens (tertiary/aromatic N) is 4. The summed E-state index contributed by atoms with van der Waals surface area (Å²) in [6.45, 7) is 4.94. The van der Waals surface area contributed by atoms with Gasteiger partial charge >= 0.3 is 11.8 Å². The largest absolute Gasteiger partial charge is 0.378 e. The maximum atomic E-state index is 12.5. The zero-order chi connectivity index (χ0) is 20.2. The number of hydrogen-bond donors (Lipinski definition) is 0. The van der Waals surface area contributed by atoms with E-state index in [0.29, 0.717) is 64.0 Å². The smallest absolute Gasteiger partial charge is 0.312 e. The van der Waals surface area contributed by atoms with Crippen LogP contribution in [-0.2, 0) is 20.9 Å². The van der Waals surface area contributed by atoms with Gasteiger partial charge in [-0.2, -0.15) is 0 Å². The van der Waals surface area contributed by atoms with Gasteiger partial charge in [-0.25, -0.2) is 0 Å². The average Bonchev–Trinajstić information content (AvgIpc) is 3.23. The average molecular weight is 419 g/mol. The highest BCUT2D eigenvalue weighted by molar-refractivity contribution is 6.35. The van der Waals surface area contributed by atoms with Crippen LogP contribution in [-0.4, -0.2) is 84.2 Å². The van der Waals surface area contributed by atoms with E-state index in [1.807, 2.05) is 30.3 Å². The van der Waals surface area contributed by atoms with Crippen molar-refractivity contribution in [2.24, 2.45) is 0 Å². The van der Waals surface area contributed by atoms with Gasteiger partial charge in [0.25, 0.3) is 0 Å². The molecule has 2 aromatic rings. The van der Waals surface area contributed by atoms with E-state index in [0.717, 1.165) is 17.0 Å². The summed E-state index contributed by atoms with van der Waals surface area (Å²) in [5.74, 6) is -0.0834. The molecule has 9 heteroatoms. The van der Waals surface area contributed by atoms with Gasteiger partial charge in [0.1, 0.15) is 5.69 Å². The molecule has 0 radical (unpaired) electrons. The standard InChI is InChI=1S/C20H23ClN4O4/c21-16-3-1-15(2-4-16)18-13-17(29-22-18)14-23-5-7-24(8-6-23)19(26)20(27)25-9-11-28-12-10-25/h1-4,13H,5-12,14H2. The molecule has 2 amide bonds. The SMILES string of the molecule is O=C(C(=O)N1CCN(Cc2cc(-c3ccc(Cl)cc3)no2)CC1)N1CCOCC1. The van der Waals surface area contributed by atoms with Gasteiger partial charge in [-0.1, -0.05) is 28.9 Å². The van der Waals surface area contributed by atoms with Crippen LogP contribution in [0.15, 0.2) is 34.9 Å². The lowest BCUT2D eigenvalue weighted by Crippen LogP contribution is -2.54. The van der Waals surface area contributed by atoms with Gasteiger partial charge in [-0.3, -0.25) is 14.5 Å². The predicted octanol–water partition coefficient (Wildman–Crippen LogP) is 1.50. The number of carbonyl (C=O) groups is 2. The summed E-state index contributed by atoms with van der Waals surface area (Å²) in [5, 5.41) is 4.81. The van der Waals surface area contributed by atoms with Gasteiger partial charge in [0.15, 0.2) is 5.76 Å². The molecule has 2 aliphatic heterocycles. The molecule has 0 N–H and O–H groups in total. The van der Waals surface area contributed by atoms with Gasteiger partial charge in [0.05, 0.1) is 19.8 Å². The molecule has 0 atom stereocenters. The van der Waals surface area contributed by atoms with Crippen molar-refractivity contribution in [2.45, 2.75) is 6.54 Å². The number of piperazine rings is 1. The highest BCUT2D eigenvalue weighted by Gasteiger charge is 2.30. The van der Waals surface area contributed by atoms with Crippen LogP contribution in [0.25, 0.3) is 11.3 Å². The zero-order valence-electron chi connectivity index (χ0n) is 16.1. The van der Waals surface area contributed by atoms with E-state index in [9.17, 15) is 9.59 Å². The lowest BCUT2D eigenvalue weighted by molar-refractivity contribution is -0.155. The normalized spacial score (nSPS) is 18.1. The highest BCUT2D eigenvalue weighted by Crippen LogP contribution is 2.22. The van der Waals surface area contributed by atoms with Crippen LogP contribution in [0.1, 0.15) is 5.76 Å². The van der Waals surface area contributed by atoms with Crippen LogP contribution in [0, 0.1) is 0 Å². The van der Waals surface area contributed by atoms with Crippen molar-refractivity contribution in [2.75, 3.05) is 52.5 Å².